The molecule has 5 heteroatoms. The van der Waals surface area contributed by atoms with Crippen LogP contribution in [0.2, 0.25) is 5.02 Å². The summed E-state index contributed by atoms with van der Waals surface area (Å²) in [7, 11) is 0. The van der Waals surface area contributed by atoms with Gasteiger partial charge < -0.3 is 5.11 Å². The Balaban J connectivity index is 1.88. The summed E-state index contributed by atoms with van der Waals surface area (Å²) in [6, 6.07) is 6.80. The third kappa shape index (κ3) is 2.80. The van der Waals surface area contributed by atoms with Crippen molar-refractivity contribution in [2.24, 2.45) is 5.10 Å². The second-order valence-electron chi connectivity index (χ2n) is 4.59. The fraction of sp³-hybridized carbons (Fsp3) is 0.286. The van der Waals surface area contributed by atoms with Gasteiger partial charge in [0.15, 0.2) is 11.5 Å². The maximum Gasteiger partial charge on any atom is 0.222 e. The topological polar surface area (TPSA) is 39.3 Å². The Morgan fingerprint density at radius 1 is 1.21 bits per heavy atom. The number of aryl methyl sites for hydroxylation is 2. The van der Waals surface area contributed by atoms with Crippen molar-refractivity contribution in [3.63, 3.8) is 0 Å². The monoisotopic (exact) mass is 292 g/mol. The minimum absolute atomic E-state index is 0.236. The average Bonchev–Trinajstić information content (AvgIpc) is 2.81. The Bertz CT molecular complexity index is 595. The molecular formula is C14H13ClN2OS. The minimum atomic E-state index is -0.236. The number of benzene rings is 1. The van der Waals surface area contributed by atoms with E-state index in [9.17, 15) is 5.11 Å². The number of fused-ring (bicyclic) bond motifs is 1. The average molecular weight is 293 g/mol. The number of hydrogen-bond donors (Lipinski definition) is 0. The molecule has 3 nitrogen and oxygen atoms in total. The molecule has 0 unspecified atom stereocenters. The van der Waals surface area contributed by atoms with Crippen molar-refractivity contribution in [1.82, 2.24) is 0 Å². The zero-order chi connectivity index (χ0) is 13.2. The molecule has 0 spiro atoms. The van der Waals surface area contributed by atoms with Gasteiger partial charge in [-0.05, 0) is 43.4 Å². The second-order valence-corrected chi connectivity index (χ2v) is 6.08. The van der Waals surface area contributed by atoms with Crippen molar-refractivity contribution in [1.29, 1.82) is 0 Å². The van der Waals surface area contributed by atoms with E-state index in [2.05, 4.69) is 5.10 Å². The van der Waals surface area contributed by atoms with Crippen LogP contribution in [-0.4, -0.2) is 5.90 Å². The van der Waals surface area contributed by atoms with Crippen molar-refractivity contribution in [2.45, 2.75) is 25.7 Å². The summed E-state index contributed by atoms with van der Waals surface area (Å²) in [6.07, 6.45) is 6.65. The molecular weight excluding hydrogens is 280 g/mol. The molecule has 0 fully saturated rings. The Labute approximate surface area is 120 Å². The molecule has 0 saturated carbocycles. The van der Waals surface area contributed by atoms with Gasteiger partial charge in [0.1, 0.15) is 0 Å². The maximum atomic E-state index is 12.0. The van der Waals surface area contributed by atoms with E-state index in [1.54, 1.807) is 39.9 Å². The molecule has 19 heavy (non-hydrogen) atoms. The van der Waals surface area contributed by atoms with Crippen molar-refractivity contribution in [3.8, 4) is 0 Å². The van der Waals surface area contributed by atoms with Gasteiger partial charge in [0.05, 0.1) is 10.8 Å². The summed E-state index contributed by atoms with van der Waals surface area (Å²) < 4.78 is 1.69. The van der Waals surface area contributed by atoms with Crippen LogP contribution in [0.3, 0.4) is 0 Å². The number of aromatic nitrogens is 1. The zero-order valence-electron chi connectivity index (χ0n) is 10.3. The quantitative estimate of drug-likeness (QED) is 0.475. The highest BCUT2D eigenvalue weighted by molar-refractivity contribution is 7.01. The second kappa shape index (κ2) is 5.31. The molecule has 1 aromatic carbocycles. The Morgan fingerprint density at radius 2 is 1.95 bits per heavy atom. The SMILES string of the molecule is [O-]/C(=N\[n+]1cc2c(s1)CCCC2)c1ccc(Cl)cc1. The fourth-order valence-corrected chi connectivity index (χ4v) is 3.36. The Kier molecular flexibility index (Phi) is 3.53. The van der Waals surface area contributed by atoms with E-state index in [-0.39, 0.29) is 5.90 Å². The van der Waals surface area contributed by atoms with Crippen molar-refractivity contribution >= 4 is 29.0 Å². The van der Waals surface area contributed by atoms with Gasteiger partial charge in [-0.15, -0.1) is 0 Å². The molecule has 0 bridgehead atoms. The summed E-state index contributed by atoms with van der Waals surface area (Å²) in [4.78, 5) is 1.36. The highest BCUT2D eigenvalue weighted by atomic mass is 35.5. The molecule has 3 rings (SSSR count). The van der Waals surface area contributed by atoms with Crippen LogP contribution < -0.4 is 9.17 Å². The molecule has 0 radical (unpaired) electrons. The molecule has 98 valence electrons. The molecule has 0 amide bonds. The van der Waals surface area contributed by atoms with E-state index in [4.69, 9.17) is 11.6 Å². The van der Waals surface area contributed by atoms with Crippen molar-refractivity contribution in [3.05, 3.63) is 51.5 Å². The van der Waals surface area contributed by atoms with E-state index in [1.807, 2.05) is 6.20 Å². The summed E-state index contributed by atoms with van der Waals surface area (Å²) in [6.45, 7) is 0. The van der Waals surface area contributed by atoms with Gasteiger partial charge in [-0.2, -0.15) is 0 Å². The van der Waals surface area contributed by atoms with Crippen LogP contribution in [-0.2, 0) is 12.8 Å². The van der Waals surface area contributed by atoms with Gasteiger partial charge in [0.25, 0.3) is 0 Å². The first-order valence-electron chi connectivity index (χ1n) is 6.28. The van der Waals surface area contributed by atoms with Gasteiger partial charge in [-0.1, -0.05) is 23.7 Å². The van der Waals surface area contributed by atoms with Crippen LogP contribution in [0.25, 0.3) is 0 Å². The minimum Gasteiger partial charge on any atom is -0.854 e. The van der Waals surface area contributed by atoms with Crippen LogP contribution in [0.15, 0.2) is 35.6 Å². The smallest absolute Gasteiger partial charge is 0.222 e. The van der Waals surface area contributed by atoms with Crippen molar-refractivity contribution in [2.75, 3.05) is 0 Å². The predicted octanol–water partition coefficient (Wildman–Crippen LogP) is 2.14. The normalized spacial score (nSPS) is 15.3. The molecule has 2 aromatic rings. The van der Waals surface area contributed by atoms with Crippen LogP contribution in [0.1, 0.15) is 28.8 Å². The Morgan fingerprint density at radius 3 is 2.68 bits per heavy atom. The molecule has 0 N–H and O–H groups in total. The lowest BCUT2D eigenvalue weighted by Gasteiger charge is -2.05. The van der Waals surface area contributed by atoms with E-state index in [1.165, 1.54) is 23.3 Å². The standard InChI is InChI=1S/C14H13ClN2OS/c15-12-7-5-10(6-8-12)14(18)16-17-9-11-3-1-2-4-13(11)19-17/h5-9H,1-4H2. The molecule has 0 aliphatic heterocycles. The number of nitrogens with zero attached hydrogens (tertiary/aromatic N) is 2. The van der Waals surface area contributed by atoms with Gasteiger partial charge in [0.2, 0.25) is 6.20 Å². The fourth-order valence-electron chi connectivity index (χ4n) is 2.20. The van der Waals surface area contributed by atoms with Gasteiger partial charge in [0, 0.05) is 19.8 Å². The summed E-state index contributed by atoms with van der Waals surface area (Å²) in [5.41, 5.74) is 1.90. The molecule has 1 heterocycles. The molecule has 1 aliphatic rings. The molecule has 1 aromatic heterocycles. The van der Waals surface area contributed by atoms with E-state index in [0.717, 1.165) is 12.8 Å². The summed E-state index contributed by atoms with van der Waals surface area (Å²) in [5, 5.41) is 16.8. The summed E-state index contributed by atoms with van der Waals surface area (Å²) >= 11 is 7.36. The van der Waals surface area contributed by atoms with E-state index in [0.29, 0.717) is 10.6 Å². The van der Waals surface area contributed by atoms with Gasteiger partial charge >= 0.3 is 0 Å². The summed E-state index contributed by atoms with van der Waals surface area (Å²) in [5.74, 6) is -0.236. The molecule has 1 aliphatic carbocycles. The van der Waals surface area contributed by atoms with Gasteiger partial charge in [-0.3, -0.25) is 0 Å². The van der Waals surface area contributed by atoms with Crippen molar-refractivity contribution < 1.29 is 9.17 Å². The largest absolute Gasteiger partial charge is 0.854 e. The lowest BCUT2D eigenvalue weighted by atomic mass is 10.0. The van der Waals surface area contributed by atoms with E-state index >= 15 is 0 Å². The van der Waals surface area contributed by atoms with Crippen LogP contribution in [0.5, 0.6) is 0 Å². The third-order valence-corrected chi connectivity index (χ3v) is 4.52. The third-order valence-electron chi connectivity index (χ3n) is 3.21. The lowest BCUT2D eigenvalue weighted by Crippen LogP contribution is -2.30. The first kappa shape index (κ1) is 12.6. The van der Waals surface area contributed by atoms with E-state index < -0.39 is 0 Å². The highest BCUT2D eigenvalue weighted by Gasteiger charge is 2.19. The highest BCUT2D eigenvalue weighted by Crippen LogP contribution is 2.22. The Hall–Kier alpha value is -1.39. The maximum absolute atomic E-state index is 12.0. The predicted molar refractivity (Wildman–Crippen MR) is 74.5 cm³/mol. The number of hydrogen-bond acceptors (Lipinski definition) is 3. The number of rotatable bonds is 2. The first-order chi connectivity index (χ1) is 9.22. The molecule has 0 atom stereocenters. The van der Waals surface area contributed by atoms with Crippen LogP contribution in [0, 0.1) is 0 Å². The zero-order valence-corrected chi connectivity index (χ0v) is 11.9. The lowest BCUT2D eigenvalue weighted by molar-refractivity contribution is -0.612. The van der Waals surface area contributed by atoms with Crippen LogP contribution >= 0.6 is 23.1 Å². The van der Waals surface area contributed by atoms with Gasteiger partial charge in [-0.25, -0.2) is 0 Å². The van der Waals surface area contributed by atoms with Crippen LogP contribution in [0.4, 0.5) is 0 Å². The molecule has 0 saturated heterocycles. The first-order valence-corrected chi connectivity index (χ1v) is 7.43. The number of halogens is 1.